The molecule has 1 amide bonds. The van der Waals surface area contributed by atoms with Crippen LogP contribution in [0.1, 0.15) is 5.56 Å². The number of ether oxygens (including phenoxy) is 1. The number of aliphatic hydroxyl groups is 1. The van der Waals surface area contributed by atoms with Crippen LogP contribution >= 0.6 is 0 Å². The van der Waals surface area contributed by atoms with Crippen molar-refractivity contribution in [1.29, 1.82) is 0 Å². The van der Waals surface area contributed by atoms with Crippen molar-refractivity contribution in [1.82, 2.24) is 5.32 Å². The van der Waals surface area contributed by atoms with Crippen LogP contribution in [-0.4, -0.2) is 45.5 Å². The second kappa shape index (κ2) is 7.10. The Bertz CT molecular complexity index is 488. The highest BCUT2D eigenvalue weighted by atomic mass is 16.5. The minimum absolute atomic E-state index is 0.109. The fourth-order valence-corrected chi connectivity index (χ4v) is 1.31. The standard InChI is InChI=1S/C12H13NO7/c14-9(11(17)18)8(10(15)16)13-12(19)20-6-7-4-2-1-3-5-7/h1-5,8-9,14H,6H2,(H,13,19)(H,15,16)(H,17,18)/t8-,9-/m0/s1. The lowest BCUT2D eigenvalue weighted by molar-refractivity contribution is -0.155. The Morgan fingerprint density at radius 1 is 1.10 bits per heavy atom. The van der Waals surface area contributed by atoms with Crippen LogP contribution in [0, 0.1) is 0 Å². The van der Waals surface area contributed by atoms with Gasteiger partial charge >= 0.3 is 18.0 Å². The van der Waals surface area contributed by atoms with Crippen molar-refractivity contribution in [3.05, 3.63) is 35.9 Å². The molecule has 1 rings (SSSR count). The lowest BCUT2D eigenvalue weighted by atomic mass is 10.1. The first-order valence-corrected chi connectivity index (χ1v) is 5.52. The van der Waals surface area contributed by atoms with Gasteiger partial charge in [0.1, 0.15) is 6.61 Å². The van der Waals surface area contributed by atoms with E-state index in [1.807, 2.05) is 0 Å². The van der Waals surface area contributed by atoms with Gasteiger partial charge in [0, 0.05) is 0 Å². The molecule has 4 N–H and O–H groups in total. The van der Waals surface area contributed by atoms with Crippen LogP contribution in [0.5, 0.6) is 0 Å². The van der Waals surface area contributed by atoms with E-state index < -0.39 is 30.2 Å². The minimum Gasteiger partial charge on any atom is -0.480 e. The summed E-state index contributed by atoms with van der Waals surface area (Å²) in [6, 6.07) is 6.61. The van der Waals surface area contributed by atoms with E-state index in [1.165, 1.54) is 0 Å². The molecule has 0 saturated heterocycles. The van der Waals surface area contributed by atoms with Gasteiger partial charge in [0.25, 0.3) is 0 Å². The van der Waals surface area contributed by atoms with Crippen molar-refractivity contribution in [3.8, 4) is 0 Å². The second-order valence-corrected chi connectivity index (χ2v) is 3.81. The van der Waals surface area contributed by atoms with E-state index in [0.717, 1.165) is 0 Å². The van der Waals surface area contributed by atoms with Crippen LogP contribution in [-0.2, 0) is 20.9 Å². The Balaban J connectivity index is 2.54. The maximum absolute atomic E-state index is 11.4. The number of rotatable bonds is 6. The van der Waals surface area contributed by atoms with Crippen molar-refractivity contribution in [2.75, 3.05) is 0 Å². The number of hydrogen-bond donors (Lipinski definition) is 4. The third-order valence-electron chi connectivity index (χ3n) is 2.32. The summed E-state index contributed by atoms with van der Waals surface area (Å²) in [5.41, 5.74) is 0.674. The van der Waals surface area contributed by atoms with E-state index in [0.29, 0.717) is 5.56 Å². The number of alkyl carbamates (subject to hydrolysis) is 1. The topological polar surface area (TPSA) is 133 Å². The van der Waals surface area contributed by atoms with Crippen LogP contribution in [0.4, 0.5) is 4.79 Å². The molecule has 0 aromatic heterocycles. The fraction of sp³-hybridized carbons (Fsp3) is 0.250. The van der Waals surface area contributed by atoms with Gasteiger partial charge in [-0.1, -0.05) is 30.3 Å². The molecule has 0 fully saturated rings. The number of aliphatic hydroxyl groups excluding tert-OH is 1. The van der Waals surface area contributed by atoms with E-state index in [2.05, 4.69) is 0 Å². The van der Waals surface area contributed by atoms with Gasteiger partial charge in [-0.15, -0.1) is 0 Å². The molecule has 0 unspecified atom stereocenters. The van der Waals surface area contributed by atoms with E-state index >= 15 is 0 Å². The molecule has 1 aromatic rings. The number of carbonyl (C=O) groups is 3. The number of carboxylic acids is 2. The predicted octanol–water partition coefficient (Wildman–Crippen LogP) is -0.189. The summed E-state index contributed by atoms with van der Waals surface area (Å²) in [7, 11) is 0. The first kappa shape index (κ1) is 15.4. The number of hydrogen-bond acceptors (Lipinski definition) is 5. The largest absolute Gasteiger partial charge is 0.480 e. The molecular weight excluding hydrogens is 270 g/mol. The Hall–Kier alpha value is -2.61. The summed E-state index contributed by atoms with van der Waals surface area (Å²) in [5.74, 6) is -3.45. The number of benzene rings is 1. The Morgan fingerprint density at radius 2 is 1.70 bits per heavy atom. The monoisotopic (exact) mass is 283 g/mol. The fourth-order valence-electron chi connectivity index (χ4n) is 1.31. The molecule has 1 aromatic carbocycles. The summed E-state index contributed by atoms with van der Waals surface area (Å²) in [4.78, 5) is 32.6. The van der Waals surface area contributed by atoms with Crippen LogP contribution in [0.2, 0.25) is 0 Å². The molecule has 0 radical (unpaired) electrons. The molecule has 0 bridgehead atoms. The van der Waals surface area contributed by atoms with Gasteiger partial charge in [0.2, 0.25) is 0 Å². The third-order valence-corrected chi connectivity index (χ3v) is 2.32. The van der Waals surface area contributed by atoms with Crippen LogP contribution < -0.4 is 5.32 Å². The Kier molecular flexibility index (Phi) is 5.48. The van der Waals surface area contributed by atoms with Gasteiger partial charge in [-0.05, 0) is 5.56 Å². The highest BCUT2D eigenvalue weighted by molar-refractivity contribution is 5.87. The summed E-state index contributed by atoms with van der Waals surface area (Å²) < 4.78 is 4.72. The molecule has 0 aliphatic carbocycles. The minimum atomic E-state index is -2.27. The average molecular weight is 283 g/mol. The highest BCUT2D eigenvalue weighted by Crippen LogP contribution is 2.02. The molecule has 0 aliphatic heterocycles. The SMILES string of the molecule is O=C(N[C@H](C(=O)O)[C@H](O)C(=O)O)OCc1ccccc1. The second-order valence-electron chi connectivity index (χ2n) is 3.81. The Morgan fingerprint density at radius 3 is 2.20 bits per heavy atom. The lowest BCUT2D eigenvalue weighted by Crippen LogP contribution is -2.51. The molecule has 8 heteroatoms. The highest BCUT2D eigenvalue weighted by Gasteiger charge is 2.33. The average Bonchev–Trinajstić information content (AvgIpc) is 2.42. The molecule has 20 heavy (non-hydrogen) atoms. The van der Waals surface area contributed by atoms with Gasteiger partial charge in [0.05, 0.1) is 0 Å². The van der Waals surface area contributed by atoms with Crippen molar-refractivity contribution in [3.63, 3.8) is 0 Å². The molecule has 108 valence electrons. The van der Waals surface area contributed by atoms with Crippen molar-refractivity contribution < 1.29 is 34.4 Å². The molecule has 0 aliphatic rings. The smallest absolute Gasteiger partial charge is 0.408 e. The first-order valence-electron chi connectivity index (χ1n) is 5.52. The summed E-state index contributed by atoms with van der Waals surface area (Å²) >= 11 is 0. The lowest BCUT2D eigenvalue weighted by Gasteiger charge is -2.17. The number of nitrogens with one attached hydrogen (secondary N) is 1. The van der Waals surface area contributed by atoms with Crippen molar-refractivity contribution >= 4 is 18.0 Å². The van der Waals surface area contributed by atoms with Crippen molar-refractivity contribution in [2.45, 2.75) is 18.8 Å². The third kappa shape index (κ3) is 4.58. The van der Waals surface area contributed by atoms with Crippen molar-refractivity contribution in [2.24, 2.45) is 0 Å². The predicted molar refractivity (Wildman–Crippen MR) is 64.8 cm³/mol. The zero-order valence-corrected chi connectivity index (χ0v) is 10.2. The molecular formula is C12H13NO7. The first-order chi connectivity index (χ1) is 9.41. The summed E-state index contributed by atoms with van der Waals surface area (Å²) in [5, 5.41) is 28.2. The van der Waals surface area contributed by atoms with Crippen LogP contribution in [0.25, 0.3) is 0 Å². The maximum Gasteiger partial charge on any atom is 0.408 e. The normalized spacial score (nSPS) is 13.1. The van der Waals surface area contributed by atoms with E-state index in [4.69, 9.17) is 20.1 Å². The summed E-state index contributed by atoms with van der Waals surface area (Å²) in [6.07, 6.45) is -3.40. The van der Waals surface area contributed by atoms with E-state index in [1.54, 1.807) is 35.6 Å². The van der Waals surface area contributed by atoms with Gasteiger partial charge in [-0.2, -0.15) is 0 Å². The van der Waals surface area contributed by atoms with Gasteiger partial charge in [-0.3, -0.25) is 0 Å². The van der Waals surface area contributed by atoms with Gasteiger partial charge in [-0.25, -0.2) is 14.4 Å². The number of aliphatic carboxylic acids is 2. The van der Waals surface area contributed by atoms with Crippen LogP contribution in [0.15, 0.2) is 30.3 Å². The van der Waals surface area contributed by atoms with E-state index in [9.17, 15) is 14.4 Å². The van der Waals surface area contributed by atoms with Crippen LogP contribution in [0.3, 0.4) is 0 Å². The van der Waals surface area contributed by atoms with Gasteiger partial charge < -0.3 is 25.4 Å². The quantitative estimate of drug-likeness (QED) is 0.568. The zero-order chi connectivity index (χ0) is 15.1. The number of amides is 1. The maximum atomic E-state index is 11.4. The number of carboxylic acid groups (broad SMARTS) is 2. The molecule has 0 spiro atoms. The Labute approximate surface area is 113 Å². The molecule has 0 heterocycles. The summed E-state index contributed by atoms with van der Waals surface area (Å²) in [6.45, 7) is -0.109. The molecule has 2 atom stereocenters. The zero-order valence-electron chi connectivity index (χ0n) is 10.2. The van der Waals surface area contributed by atoms with Gasteiger partial charge in [0.15, 0.2) is 12.1 Å². The molecule has 8 nitrogen and oxygen atoms in total. The molecule has 0 saturated carbocycles. The number of carbonyl (C=O) groups excluding carboxylic acids is 1. The van der Waals surface area contributed by atoms with E-state index in [-0.39, 0.29) is 6.61 Å².